The number of pyridine rings is 1. The maximum absolute atomic E-state index is 11.4. The van der Waals surface area contributed by atoms with E-state index in [1.165, 1.54) is 83.5 Å². The van der Waals surface area contributed by atoms with Crippen LogP contribution in [0.15, 0.2) is 24.5 Å². The summed E-state index contributed by atoms with van der Waals surface area (Å²) in [7, 11) is 0. The lowest BCUT2D eigenvalue weighted by Crippen LogP contribution is -2.39. The second-order valence-electron chi connectivity index (χ2n) is 8.00. The summed E-state index contributed by atoms with van der Waals surface area (Å²) in [6.07, 6.45) is 22.7. The van der Waals surface area contributed by atoms with Crippen molar-refractivity contribution in [2.45, 2.75) is 109 Å². The van der Waals surface area contributed by atoms with Crippen LogP contribution in [0.25, 0.3) is 0 Å². The van der Waals surface area contributed by atoms with Crippen LogP contribution in [0.2, 0.25) is 0 Å². The van der Waals surface area contributed by atoms with Gasteiger partial charge >= 0.3 is 5.97 Å². The number of carbonyl (C=O) groups is 1. The average Bonchev–Trinajstić information content (AvgIpc) is 2.70. The summed E-state index contributed by atoms with van der Waals surface area (Å²) in [4.78, 5) is 15.4. The summed E-state index contributed by atoms with van der Waals surface area (Å²) in [5, 5.41) is 12.6. The van der Waals surface area contributed by atoms with Crippen molar-refractivity contribution in [3.63, 3.8) is 0 Å². The first-order valence-corrected chi connectivity index (χ1v) is 11.6. The fourth-order valence-electron chi connectivity index (χ4n) is 3.60. The summed E-state index contributed by atoms with van der Waals surface area (Å²) in [5.74, 6) is -0.776. The van der Waals surface area contributed by atoms with Crippen molar-refractivity contribution in [3.05, 3.63) is 30.1 Å². The highest BCUT2D eigenvalue weighted by Gasteiger charge is 2.16. The Morgan fingerprint density at radius 3 is 1.79 bits per heavy atom. The van der Waals surface area contributed by atoms with Gasteiger partial charge in [-0.2, -0.15) is 0 Å². The van der Waals surface area contributed by atoms with E-state index in [1.54, 1.807) is 12.4 Å². The second-order valence-corrected chi connectivity index (χ2v) is 8.00. The zero-order valence-corrected chi connectivity index (χ0v) is 18.0. The Hall–Kier alpha value is -1.42. The number of aromatic nitrogens is 1. The van der Waals surface area contributed by atoms with Crippen LogP contribution in [0.3, 0.4) is 0 Å². The topological polar surface area (TPSA) is 62.2 Å². The number of aliphatic carboxylic acids is 1. The Morgan fingerprint density at radius 2 is 1.32 bits per heavy atom. The first-order chi connectivity index (χ1) is 13.7. The minimum atomic E-state index is -0.776. The Kier molecular flexibility index (Phi) is 15.5. The van der Waals surface area contributed by atoms with E-state index in [1.807, 2.05) is 12.1 Å². The minimum absolute atomic E-state index is 0.510. The van der Waals surface area contributed by atoms with Crippen LogP contribution in [-0.2, 0) is 11.2 Å². The Morgan fingerprint density at radius 1 is 0.857 bits per heavy atom. The highest BCUT2D eigenvalue weighted by Crippen LogP contribution is 2.13. The van der Waals surface area contributed by atoms with Crippen LogP contribution in [0.5, 0.6) is 0 Å². The van der Waals surface area contributed by atoms with Crippen LogP contribution in [-0.4, -0.2) is 28.6 Å². The molecule has 1 unspecified atom stereocenters. The van der Waals surface area contributed by atoms with Gasteiger partial charge in [-0.15, -0.1) is 0 Å². The van der Waals surface area contributed by atoms with Crippen molar-refractivity contribution < 1.29 is 9.90 Å². The van der Waals surface area contributed by atoms with Crippen molar-refractivity contribution in [1.82, 2.24) is 10.3 Å². The summed E-state index contributed by atoms with van der Waals surface area (Å²) >= 11 is 0. The SMILES string of the molecule is CCCCCCCCCCCCCCCCNC(Cc1ccncc1)C(=O)O. The minimum Gasteiger partial charge on any atom is -0.480 e. The summed E-state index contributed by atoms with van der Waals surface area (Å²) in [5.41, 5.74) is 1.01. The highest BCUT2D eigenvalue weighted by molar-refractivity contribution is 5.73. The van der Waals surface area contributed by atoms with Crippen molar-refractivity contribution in [3.8, 4) is 0 Å². The molecule has 4 heteroatoms. The number of carboxylic acid groups (broad SMARTS) is 1. The fraction of sp³-hybridized carbons (Fsp3) is 0.750. The largest absolute Gasteiger partial charge is 0.480 e. The van der Waals surface area contributed by atoms with Crippen molar-refractivity contribution in [2.75, 3.05) is 6.54 Å². The predicted octanol–water partition coefficient (Wildman–Crippen LogP) is 6.15. The number of nitrogens with zero attached hydrogens (tertiary/aromatic N) is 1. The maximum Gasteiger partial charge on any atom is 0.321 e. The van der Waals surface area contributed by atoms with Gasteiger partial charge in [0.1, 0.15) is 6.04 Å². The van der Waals surface area contributed by atoms with E-state index in [-0.39, 0.29) is 0 Å². The standard InChI is InChI=1S/C24H42N2O2/c1-2-3-4-5-6-7-8-9-10-11-12-13-14-15-18-26-23(24(27)28)21-22-16-19-25-20-17-22/h16-17,19-20,23,26H,2-15,18,21H2,1H3,(H,27,28). The molecule has 1 rings (SSSR count). The maximum atomic E-state index is 11.4. The molecule has 1 atom stereocenters. The lowest BCUT2D eigenvalue weighted by molar-refractivity contribution is -0.139. The van der Waals surface area contributed by atoms with Gasteiger partial charge in [-0.1, -0.05) is 90.4 Å². The number of unbranched alkanes of at least 4 members (excludes halogenated alkanes) is 13. The molecule has 2 N–H and O–H groups in total. The first kappa shape index (κ1) is 24.6. The number of hydrogen-bond acceptors (Lipinski definition) is 3. The lowest BCUT2D eigenvalue weighted by atomic mass is 10.0. The molecule has 0 aliphatic heterocycles. The predicted molar refractivity (Wildman–Crippen MR) is 118 cm³/mol. The highest BCUT2D eigenvalue weighted by atomic mass is 16.4. The summed E-state index contributed by atoms with van der Waals surface area (Å²) in [6.45, 7) is 3.05. The molecule has 28 heavy (non-hydrogen) atoms. The van der Waals surface area contributed by atoms with Gasteiger partial charge in [0.05, 0.1) is 0 Å². The van der Waals surface area contributed by atoms with Crippen molar-refractivity contribution >= 4 is 5.97 Å². The van der Waals surface area contributed by atoms with Gasteiger partial charge in [0.2, 0.25) is 0 Å². The molecule has 1 aromatic heterocycles. The number of hydrogen-bond donors (Lipinski definition) is 2. The van der Waals surface area contributed by atoms with Crippen molar-refractivity contribution in [1.29, 1.82) is 0 Å². The second kappa shape index (κ2) is 17.7. The molecule has 0 amide bonds. The Balaban J connectivity index is 1.90. The zero-order valence-electron chi connectivity index (χ0n) is 18.0. The monoisotopic (exact) mass is 390 g/mol. The van der Waals surface area contributed by atoms with E-state index in [0.717, 1.165) is 18.5 Å². The summed E-state index contributed by atoms with van der Waals surface area (Å²) in [6, 6.07) is 3.25. The normalized spacial score (nSPS) is 12.2. The van der Waals surface area contributed by atoms with E-state index in [2.05, 4.69) is 17.2 Å². The number of nitrogens with one attached hydrogen (secondary N) is 1. The molecule has 1 heterocycles. The first-order valence-electron chi connectivity index (χ1n) is 11.6. The fourth-order valence-corrected chi connectivity index (χ4v) is 3.60. The molecular weight excluding hydrogens is 348 g/mol. The Bertz CT molecular complexity index is 479. The van der Waals surface area contributed by atoms with E-state index in [9.17, 15) is 9.90 Å². The molecule has 0 saturated heterocycles. The smallest absolute Gasteiger partial charge is 0.321 e. The average molecular weight is 391 g/mol. The molecule has 0 spiro atoms. The molecule has 0 radical (unpaired) electrons. The van der Waals surface area contributed by atoms with E-state index >= 15 is 0 Å². The number of carboxylic acids is 1. The van der Waals surface area contributed by atoms with Crippen LogP contribution in [0, 0.1) is 0 Å². The van der Waals surface area contributed by atoms with Crippen LogP contribution in [0.1, 0.15) is 102 Å². The Labute approximate surface area is 172 Å². The van der Waals surface area contributed by atoms with Gasteiger partial charge in [0, 0.05) is 12.4 Å². The van der Waals surface area contributed by atoms with Gasteiger partial charge in [-0.25, -0.2) is 0 Å². The third kappa shape index (κ3) is 13.7. The van der Waals surface area contributed by atoms with Gasteiger partial charge in [-0.3, -0.25) is 9.78 Å². The molecule has 0 aliphatic rings. The molecule has 0 saturated carbocycles. The molecule has 0 fully saturated rings. The third-order valence-electron chi connectivity index (χ3n) is 5.41. The third-order valence-corrected chi connectivity index (χ3v) is 5.41. The van der Waals surface area contributed by atoms with E-state index in [4.69, 9.17) is 0 Å². The van der Waals surface area contributed by atoms with Crippen LogP contribution in [0.4, 0.5) is 0 Å². The van der Waals surface area contributed by atoms with Gasteiger partial charge < -0.3 is 10.4 Å². The molecule has 0 aromatic carbocycles. The summed E-state index contributed by atoms with van der Waals surface area (Å²) < 4.78 is 0. The van der Waals surface area contributed by atoms with E-state index < -0.39 is 12.0 Å². The lowest BCUT2D eigenvalue weighted by Gasteiger charge is -2.14. The van der Waals surface area contributed by atoms with Gasteiger partial charge in [0.15, 0.2) is 0 Å². The number of rotatable bonds is 19. The molecule has 1 aromatic rings. The van der Waals surface area contributed by atoms with Crippen molar-refractivity contribution in [2.24, 2.45) is 0 Å². The van der Waals surface area contributed by atoms with Crippen LogP contribution >= 0.6 is 0 Å². The molecular formula is C24H42N2O2. The van der Waals surface area contributed by atoms with Gasteiger partial charge in [-0.05, 0) is 37.1 Å². The zero-order chi connectivity index (χ0) is 20.3. The molecule has 0 aliphatic carbocycles. The van der Waals surface area contributed by atoms with Crippen LogP contribution < -0.4 is 5.32 Å². The quantitative estimate of drug-likeness (QED) is 0.278. The molecule has 160 valence electrons. The van der Waals surface area contributed by atoms with Gasteiger partial charge in [0.25, 0.3) is 0 Å². The molecule has 4 nitrogen and oxygen atoms in total. The van der Waals surface area contributed by atoms with E-state index in [0.29, 0.717) is 6.42 Å². The molecule has 0 bridgehead atoms.